The summed E-state index contributed by atoms with van der Waals surface area (Å²) in [5, 5.41) is 3.09. The number of hydrogen-bond donors (Lipinski definition) is 2. The standard InChI is InChI=1S/C13H11BrN4/c1-15-10-4-2-8(3-5-10)12-17-11-6-9(14)7-16-13(11)18-12/h2-7,15H,1H3,(H,16,17,18). The van der Waals surface area contributed by atoms with Crippen molar-refractivity contribution in [2.24, 2.45) is 0 Å². The Morgan fingerprint density at radius 2 is 2.00 bits per heavy atom. The highest BCUT2D eigenvalue weighted by Crippen LogP contribution is 2.22. The maximum Gasteiger partial charge on any atom is 0.178 e. The lowest BCUT2D eigenvalue weighted by Crippen LogP contribution is -1.87. The average Bonchev–Trinajstić information content (AvgIpc) is 2.81. The van der Waals surface area contributed by atoms with Crippen molar-refractivity contribution < 1.29 is 0 Å². The number of pyridine rings is 1. The third-order valence-corrected chi connectivity index (χ3v) is 3.18. The first-order chi connectivity index (χ1) is 8.76. The topological polar surface area (TPSA) is 53.6 Å². The highest BCUT2D eigenvalue weighted by molar-refractivity contribution is 9.10. The molecule has 2 aromatic heterocycles. The normalized spacial score (nSPS) is 10.8. The number of fused-ring (bicyclic) bond motifs is 1. The van der Waals surface area contributed by atoms with Crippen molar-refractivity contribution in [3.05, 3.63) is 41.0 Å². The molecule has 2 heterocycles. The Balaban J connectivity index is 2.07. The summed E-state index contributed by atoms with van der Waals surface area (Å²) in [6.07, 6.45) is 1.75. The smallest absolute Gasteiger partial charge is 0.178 e. The Hall–Kier alpha value is -1.88. The molecule has 3 rings (SSSR count). The summed E-state index contributed by atoms with van der Waals surface area (Å²) in [6.45, 7) is 0. The van der Waals surface area contributed by atoms with Crippen LogP contribution in [0.5, 0.6) is 0 Å². The zero-order valence-electron chi connectivity index (χ0n) is 9.74. The van der Waals surface area contributed by atoms with Crippen molar-refractivity contribution in [1.82, 2.24) is 15.0 Å². The van der Waals surface area contributed by atoms with Gasteiger partial charge in [0.2, 0.25) is 0 Å². The average molecular weight is 303 g/mol. The molecule has 1 aromatic carbocycles. The first-order valence-corrected chi connectivity index (χ1v) is 6.35. The first kappa shape index (κ1) is 11.2. The van der Waals surface area contributed by atoms with Crippen molar-refractivity contribution in [3.63, 3.8) is 0 Å². The predicted octanol–water partition coefficient (Wildman–Crippen LogP) is 3.43. The van der Waals surface area contributed by atoms with Crippen LogP contribution >= 0.6 is 15.9 Å². The number of halogens is 1. The van der Waals surface area contributed by atoms with Crippen LogP contribution in [0.3, 0.4) is 0 Å². The van der Waals surface area contributed by atoms with E-state index in [9.17, 15) is 0 Å². The molecule has 3 aromatic rings. The van der Waals surface area contributed by atoms with Gasteiger partial charge in [0.15, 0.2) is 5.65 Å². The molecule has 90 valence electrons. The van der Waals surface area contributed by atoms with E-state index in [1.165, 1.54) is 0 Å². The lowest BCUT2D eigenvalue weighted by Gasteiger charge is -2.00. The summed E-state index contributed by atoms with van der Waals surface area (Å²) in [4.78, 5) is 12.0. The maximum atomic E-state index is 4.47. The molecule has 0 saturated carbocycles. The quantitative estimate of drug-likeness (QED) is 0.762. The zero-order chi connectivity index (χ0) is 12.5. The van der Waals surface area contributed by atoms with Gasteiger partial charge < -0.3 is 10.3 Å². The van der Waals surface area contributed by atoms with Crippen LogP contribution in [0.2, 0.25) is 0 Å². The fourth-order valence-electron chi connectivity index (χ4n) is 1.81. The second-order valence-electron chi connectivity index (χ2n) is 3.94. The highest BCUT2D eigenvalue weighted by atomic mass is 79.9. The summed E-state index contributed by atoms with van der Waals surface area (Å²) >= 11 is 3.40. The van der Waals surface area contributed by atoms with E-state index in [1.807, 2.05) is 37.4 Å². The molecule has 5 heteroatoms. The molecular weight excluding hydrogens is 292 g/mol. The van der Waals surface area contributed by atoms with Crippen LogP contribution in [0.4, 0.5) is 5.69 Å². The lowest BCUT2D eigenvalue weighted by molar-refractivity contribution is 1.30. The molecule has 0 spiro atoms. The number of anilines is 1. The Bertz CT molecular complexity index is 688. The number of aromatic amines is 1. The van der Waals surface area contributed by atoms with Crippen LogP contribution in [-0.2, 0) is 0 Å². The monoisotopic (exact) mass is 302 g/mol. The minimum atomic E-state index is 0.728. The molecular formula is C13H11BrN4. The molecule has 0 aliphatic heterocycles. The third kappa shape index (κ3) is 1.97. The molecule has 18 heavy (non-hydrogen) atoms. The molecule has 2 N–H and O–H groups in total. The Morgan fingerprint density at radius 1 is 1.22 bits per heavy atom. The van der Waals surface area contributed by atoms with Crippen LogP contribution in [0, 0.1) is 0 Å². The Kier molecular flexibility index (Phi) is 2.76. The predicted molar refractivity (Wildman–Crippen MR) is 76.6 cm³/mol. The molecule has 0 atom stereocenters. The maximum absolute atomic E-state index is 4.47. The lowest BCUT2D eigenvalue weighted by atomic mass is 10.2. The fourth-order valence-corrected chi connectivity index (χ4v) is 2.14. The van der Waals surface area contributed by atoms with Crippen molar-refractivity contribution >= 4 is 32.8 Å². The van der Waals surface area contributed by atoms with E-state index in [1.54, 1.807) is 6.20 Å². The molecule has 0 bridgehead atoms. The first-order valence-electron chi connectivity index (χ1n) is 5.56. The molecule has 0 fully saturated rings. The van der Waals surface area contributed by atoms with Gasteiger partial charge in [0.25, 0.3) is 0 Å². The third-order valence-electron chi connectivity index (χ3n) is 2.75. The summed E-state index contributed by atoms with van der Waals surface area (Å²) < 4.78 is 0.940. The second-order valence-corrected chi connectivity index (χ2v) is 4.85. The van der Waals surface area contributed by atoms with Gasteiger partial charge in [-0.1, -0.05) is 0 Å². The number of hydrogen-bond acceptors (Lipinski definition) is 3. The van der Waals surface area contributed by atoms with Crippen LogP contribution < -0.4 is 5.32 Å². The van der Waals surface area contributed by atoms with E-state index in [-0.39, 0.29) is 0 Å². The molecule has 0 aliphatic rings. The van der Waals surface area contributed by atoms with E-state index in [0.29, 0.717) is 0 Å². The highest BCUT2D eigenvalue weighted by Gasteiger charge is 2.06. The van der Waals surface area contributed by atoms with Gasteiger partial charge >= 0.3 is 0 Å². The van der Waals surface area contributed by atoms with E-state index in [2.05, 4.69) is 36.2 Å². The Labute approximate surface area is 113 Å². The summed E-state index contributed by atoms with van der Waals surface area (Å²) in [7, 11) is 1.90. The molecule has 0 amide bonds. The van der Waals surface area contributed by atoms with Gasteiger partial charge in [-0.3, -0.25) is 0 Å². The SMILES string of the molecule is CNc1ccc(-c2nc3ncc(Br)cc3[nH]2)cc1. The minimum Gasteiger partial charge on any atom is -0.388 e. The fraction of sp³-hybridized carbons (Fsp3) is 0.0769. The molecule has 0 unspecified atom stereocenters. The molecule has 0 radical (unpaired) electrons. The molecule has 0 saturated heterocycles. The van der Waals surface area contributed by atoms with E-state index >= 15 is 0 Å². The second kappa shape index (κ2) is 4.42. The van der Waals surface area contributed by atoms with Gasteiger partial charge in [-0.25, -0.2) is 9.97 Å². The van der Waals surface area contributed by atoms with Gasteiger partial charge in [-0.05, 0) is 46.3 Å². The number of benzene rings is 1. The summed E-state index contributed by atoms with van der Waals surface area (Å²) in [5.41, 5.74) is 3.78. The number of rotatable bonds is 2. The summed E-state index contributed by atoms with van der Waals surface area (Å²) in [6, 6.07) is 10.1. The number of H-pyrrole nitrogens is 1. The number of nitrogens with zero attached hydrogens (tertiary/aromatic N) is 2. The molecule has 4 nitrogen and oxygen atoms in total. The number of imidazole rings is 1. The van der Waals surface area contributed by atoms with E-state index < -0.39 is 0 Å². The van der Waals surface area contributed by atoms with Crippen molar-refractivity contribution in [2.45, 2.75) is 0 Å². The largest absolute Gasteiger partial charge is 0.388 e. The Morgan fingerprint density at radius 3 is 2.72 bits per heavy atom. The van der Waals surface area contributed by atoms with Crippen molar-refractivity contribution in [3.8, 4) is 11.4 Å². The van der Waals surface area contributed by atoms with Crippen LogP contribution in [0.15, 0.2) is 41.0 Å². The van der Waals surface area contributed by atoms with Crippen molar-refractivity contribution in [2.75, 3.05) is 12.4 Å². The zero-order valence-corrected chi connectivity index (χ0v) is 11.3. The minimum absolute atomic E-state index is 0.728. The van der Waals surface area contributed by atoms with Gasteiger partial charge in [0.05, 0.1) is 5.52 Å². The van der Waals surface area contributed by atoms with Gasteiger partial charge in [0.1, 0.15) is 5.82 Å². The van der Waals surface area contributed by atoms with Crippen LogP contribution in [-0.4, -0.2) is 22.0 Å². The van der Waals surface area contributed by atoms with E-state index in [0.717, 1.165) is 32.7 Å². The van der Waals surface area contributed by atoms with Gasteiger partial charge in [-0.15, -0.1) is 0 Å². The van der Waals surface area contributed by atoms with Gasteiger partial charge in [-0.2, -0.15) is 0 Å². The number of aromatic nitrogens is 3. The number of nitrogens with one attached hydrogen (secondary N) is 2. The summed E-state index contributed by atoms with van der Waals surface area (Å²) in [5.74, 6) is 0.832. The molecule has 0 aliphatic carbocycles. The van der Waals surface area contributed by atoms with E-state index in [4.69, 9.17) is 0 Å². The van der Waals surface area contributed by atoms with Crippen molar-refractivity contribution in [1.29, 1.82) is 0 Å². The van der Waals surface area contributed by atoms with Crippen LogP contribution in [0.25, 0.3) is 22.6 Å². The van der Waals surface area contributed by atoms with Gasteiger partial charge in [0, 0.05) is 29.0 Å². The van der Waals surface area contributed by atoms with Crippen LogP contribution in [0.1, 0.15) is 0 Å².